The van der Waals surface area contributed by atoms with Gasteiger partial charge in [-0.3, -0.25) is 0 Å². The normalized spacial score (nSPS) is 11.8. The molecule has 5 nitrogen and oxygen atoms in total. The minimum Gasteiger partial charge on any atom is -0.359 e. The van der Waals surface area contributed by atoms with Gasteiger partial charge in [0.15, 0.2) is 0 Å². The summed E-state index contributed by atoms with van der Waals surface area (Å²) in [6, 6.07) is 6.66. The van der Waals surface area contributed by atoms with E-state index in [0.29, 0.717) is 6.54 Å². The summed E-state index contributed by atoms with van der Waals surface area (Å²) in [4.78, 5) is 8.72. The summed E-state index contributed by atoms with van der Waals surface area (Å²) >= 11 is 1.36. The molecule has 0 aliphatic heterocycles. The van der Waals surface area contributed by atoms with Crippen LogP contribution in [0.3, 0.4) is 0 Å². The van der Waals surface area contributed by atoms with E-state index in [9.17, 15) is 4.39 Å². The fourth-order valence-corrected chi connectivity index (χ4v) is 2.80. The van der Waals surface area contributed by atoms with Gasteiger partial charge in [-0.05, 0) is 31.8 Å². The molecule has 0 saturated carbocycles. The Morgan fingerprint density at radius 3 is 2.42 bits per heavy atom. The van der Waals surface area contributed by atoms with Crippen LogP contribution in [0.5, 0.6) is 0 Å². The smallest absolute Gasteiger partial charge is 0.238 e. The quantitative estimate of drug-likeness (QED) is 0.792. The first kappa shape index (κ1) is 18.6. The Hall–Kier alpha value is -1.73. The molecule has 7 heteroatoms. The Morgan fingerprint density at radius 2 is 1.79 bits per heavy atom. The van der Waals surface area contributed by atoms with Crippen LogP contribution in [0.15, 0.2) is 24.3 Å². The molecule has 1 N–H and O–H groups in total. The molecule has 0 bridgehead atoms. The highest BCUT2D eigenvalue weighted by Gasteiger charge is 2.21. The van der Waals surface area contributed by atoms with Gasteiger partial charge < -0.3 is 15.1 Å². The van der Waals surface area contributed by atoms with Gasteiger partial charge in [-0.1, -0.05) is 26.0 Å². The third-order valence-corrected chi connectivity index (χ3v) is 4.61. The Bertz CT molecular complexity index is 639. The number of nitrogens with one attached hydrogen (secondary N) is 1. The summed E-state index contributed by atoms with van der Waals surface area (Å²) in [7, 11) is 6.09. The van der Waals surface area contributed by atoms with Gasteiger partial charge in [-0.25, -0.2) is 4.39 Å². The van der Waals surface area contributed by atoms with Gasteiger partial charge in [-0.15, -0.1) is 0 Å². The first-order valence-corrected chi connectivity index (χ1v) is 8.75. The first-order valence-electron chi connectivity index (χ1n) is 7.97. The maximum atomic E-state index is 13.1. The zero-order valence-electron chi connectivity index (χ0n) is 15.0. The number of nitrogens with zero attached hydrogens (tertiary/aromatic N) is 4. The summed E-state index contributed by atoms with van der Waals surface area (Å²) < 4.78 is 17.5. The number of likely N-dealkylation sites (N-methyl/N-ethyl adjacent to an activating group) is 2. The van der Waals surface area contributed by atoms with Gasteiger partial charge in [0.05, 0.1) is 0 Å². The molecule has 0 amide bonds. The van der Waals surface area contributed by atoms with E-state index in [1.807, 2.05) is 38.2 Å². The fourth-order valence-electron chi connectivity index (χ4n) is 2.19. The average Bonchev–Trinajstić information content (AvgIpc) is 3.00. The van der Waals surface area contributed by atoms with Crippen LogP contribution >= 0.6 is 11.5 Å². The van der Waals surface area contributed by atoms with Crippen molar-refractivity contribution >= 4 is 22.6 Å². The van der Waals surface area contributed by atoms with Crippen LogP contribution in [-0.4, -0.2) is 55.0 Å². The number of anilines is 2. The van der Waals surface area contributed by atoms with Crippen LogP contribution in [0.1, 0.15) is 19.4 Å². The lowest BCUT2D eigenvalue weighted by molar-refractivity contribution is 0.416. The summed E-state index contributed by atoms with van der Waals surface area (Å²) in [5.74, 6) is 0.529. The summed E-state index contributed by atoms with van der Waals surface area (Å²) in [6.07, 6.45) is 0. The number of halogens is 1. The lowest BCUT2D eigenvalue weighted by Crippen LogP contribution is -2.29. The van der Waals surface area contributed by atoms with Gasteiger partial charge in [-0.2, -0.15) is 9.36 Å². The molecule has 2 aromatic rings. The van der Waals surface area contributed by atoms with Crippen LogP contribution in [0.25, 0.3) is 0 Å². The Kier molecular flexibility index (Phi) is 6.12. The van der Waals surface area contributed by atoms with E-state index in [4.69, 9.17) is 0 Å². The predicted molar refractivity (Wildman–Crippen MR) is 99.6 cm³/mol. The minimum atomic E-state index is -0.211. The van der Waals surface area contributed by atoms with Crippen molar-refractivity contribution in [2.75, 3.05) is 51.0 Å². The number of benzene rings is 1. The second-order valence-corrected chi connectivity index (χ2v) is 7.62. The van der Waals surface area contributed by atoms with Crippen molar-refractivity contribution in [3.8, 4) is 0 Å². The largest absolute Gasteiger partial charge is 0.359 e. The predicted octanol–water partition coefficient (Wildman–Crippen LogP) is 3.06. The van der Waals surface area contributed by atoms with Gasteiger partial charge in [0.1, 0.15) is 5.82 Å². The molecule has 1 aromatic heterocycles. The number of hydrogen-bond acceptors (Lipinski definition) is 6. The highest BCUT2D eigenvalue weighted by molar-refractivity contribution is 7.09. The molecular formula is C17H26FN5S. The van der Waals surface area contributed by atoms with Gasteiger partial charge in [0, 0.05) is 43.6 Å². The molecule has 0 spiro atoms. The van der Waals surface area contributed by atoms with E-state index >= 15 is 0 Å². The first-order chi connectivity index (χ1) is 11.3. The van der Waals surface area contributed by atoms with E-state index in [2.05, 4.69) is 33.4 Å². The molecule has 132 valence electrons. The molecule has 0 saturated heterocycles. The molecule has 0 unspecified atom stereocenters. The Balaban J connectivity index is 1.93. The zero-order chi connectivity index (χ0) is 17.7. The Labute approximate surface area is 147 Å². The lowest BCUT2D eigenvalue weighted by Gasteiger charge is -2.25. The van der Waals surface area contributed by atoms with Crippen molar-refractivity contribution in [3.63, 3.8) is 0 Å². The van der Waals surface area contributed by atoms with Crippen LogP contribution in [0, 0.1) is 5.82 Å². The summed E-state index contributed by atoms with van der Waals surface area (Å²) in [5, 5.41) is 4.15. The number of rotatable bonds is 8. The van der Waals surface area contributed by atoms with Crippen LogP contribution in [-0.2, 0) is 5.41 Å². The topological polar surface area (TPSA) is 44.3 Å². The van der Waals surface area contributed by atoms with Crippen molar-refractivity contribution in [2.45, 2.75) is 19.3 Å². The lowest BCUT2D eigenvalue weighted by atomic mass is 9.85. The number of aromatic nitrogens is 2. The third-order valence-electron chi connectivity index (χ3n) is 3.95. The highest BCUT2D eigenvalue weighted by atomic mass is 32.1. The van der Waals surface area contributed by atoms with Gasteiger partial charge >= 0.3 is 0 Å². The van der Waals surface area contributed by atoms with Gasteiger partial charge in [0.2, 0.25) is 11.1 Å². The third kappa shape index (κ3) is 5.14. The van der Waals surface area contributed by atoms with Crippen molar-refractivity contribution < 1.29 is 4.39 Å². The van der Waals surface area contributed by atoms with Crippen molar-refractivity contribution in [1.82, 2.24) is 14.3 Å². The molecule has 0 aliphatic rings. The van der Waals surface area contributed by atoms with E-state index in [1.165, 1.54) is 23.7 Å². The Morgan fingerprint density at radius 1 is 1.12 bits per heavy atom. The number of hydrogen-bond donors (Lipinski definition) is 1. The van der Waals surface area contributed by atoms with Crippen LogP contribution < -0.4 is 10.2 Å². The minimum absolute atomic E-state index is 0.129. The highest BCUT2D eigenvalue weighted by Crippen LogP contribution is 2.25. The van der Waals surface area contributed by atoms with E-state index < -0.39 is 0 Å². The van der Waals surface area contributed by atoms with Gasteiger partial charge in [0.25, 0.3) is 0 Å². The second kappa shape index (κ2) is 7.90. The summed E-state index contributed by atoms with van der Waals surface area (Å²) in [5.41, 5.74) is 0.959. The molecule has 1 heterocycles. The molecule has 0 atom stereocenters. The van der Waals surface area contributed by atoms with Crippen molar-refractivity contribution in [3.05, 3.63) is 35.6 Å². The SMILES string of the molecule is CN(C)CCN(C)c1nsc(NCC(C)(C)c2ccc(F)cc2)n1. The summed E-state index contributed by atoms with van der Waals surface area (Å²) in [6.45, 7) is 6.78. The van der Waals surface area contributed by atoms with Crippen LogP contribution in [0.4, 0.5) is 15.5 Å². The molecule has 24 heavy (non-hydrogen) atoms. The van der Waals surface area contributed by atoms with Crippen molar-refractivity contribution in [1.29, 1.82) is 0 Å². The van der Waals surface area contributed by atoms with Crippen LogP contribution in [0.2, 0.25) is 0 Å². The maximum absolute atomic E-state index is 13.1. The second-order valence-electron chi connectivity index (χ2n) is 6.87. The van der Waals surface area contributed by atoms with Crippen molar-refractivity contribution in [2.24, 2.45) is 0 Å². The van der Waals surface area contributed by atoms with E-state index in [0.717, 1.165) is 29.7 Å². The molecule has 1 aromatic carbocycles. The molecule has 2 rings (SSSR count). The monoisotopic (exact) mass is 351 g/mol. The van der Waals surface area contributed by atoms with E-state index in [-0.39, 0.29) is 11.2 Å². The van der Waals surface area contributed by atoms with E-state index in [1.54, 1.807) is 0 Å². The fraction of sp³-hybridized carbons (Fsp3) is 0.529. The molecule has 0 aliphatic carbocycles. The average molecular weight is 351 g/mol. The zero-order valence-corrected chi connectivity index (χ0v) is 15.8. The molecule has 0 radical (unpaired) electrons. The standard InChI is InChI=1S/C17H26FN5S/c1-17(2,13-6-8-14(18)9-7-13)12-19-16-20-15(21-24-16)23(5)11-10-22(3)4/h6-9H,10-12H2,1-5H3,(H,19,20,21). The molecule has 0 fully saturated rings. The maximum Gasteiger partial charge on any atom is 0.238 e. The molecular weight excluding hydrogens is 325 g/mol.